The molecule has 1 aromatic carbocycles. The van der Waals surface area contributed by atoms with Gasteiger partial charge in [0.25, 0.3) is 0 Å². The first-order valence-corrected chi connectivity index (χ1v) is 9.81. The van der Waals surface area contributed by atoms with Crippen LogP contribution in [0, 0.1) is 0 Å². The maximum atomic E-state index is 12.8. The predicted molar refractivity (Wildman–Crippen MR) is 86.7 cm³/mol. The summed E-state index contributed by atoms with van der Waals surface area (Å²) in [6.07, 6.45) is 2.54. The van der Waals surface area contributed by atoms with Crippen LogP contribution in [-0.2, 0) is 14.8 Å². The van der Waals surface area contributed by atoms with Crippen LogP contribution in [0.5, 0.6) is 11.5 Å². The quantitative estimate of drug-likeness (QED) is 0.800. The number of rotatable bonds is 4. The van der Waals surface area contributed by atoms with E-state index in [1.807, 2.05) is 0 Å². The molecule has 0 amide bonds. The molecule has 2 fully saturated rings. The first-order chi connectivity index (χ1) is 11.6. The predicted octanol–water partition coefficient (Wildman–Crippen LogP) is 0.901. The number of ether oxygens (including phenoxy) is 3. The van der Waals surface area contributed by atoms with Gasteiger partial charge in [0, 0.05) is 45.4 Å². The van der Waals surface area contributed by atoms with Crippen LogP contribution in [0.3, 0.4) is 0 Å². The number of hydrogen-bond acceptors (Lipinski definition) is 6. The Morgan fingerprint density at radius 2 is 1.88 bits per heavy atom. The maximum Gasteiger partial charge on any atom is 0.243 e. The molecule has 1 aromatic rings. The van der Waals surface area contributed by atoms with Crippen molar-refractivity contribution in [2.75, 3.05) is 46.1 Å². The van der Waals surface area contributed by atoms with Crippen molar-refractivity contribution in [3.8, 4) is 11.5 Å². The zero-order chi connectivity index (χ0) is 16.6. The summed E-state index contributed by atoms with van der Waals surface area (Å²) in [5, 5.41) is 0. The van der Waals surface area contributed by atoms with Crippen LogP contribution in [0.1, 0.15) is 12.8 Å². The first kappa shape index (κ1) is 16.1. The Labute approximate surface area is 142 Å². The van der Waals surface area contributed by atoms with Crippen LogP contribution in [0.2, 0.25) is 0 Å². The van der Waals surface area contributed by atoms with Crippen LogP contribution in [0.15, 0.2) is 23.1 Å². The van der Waals surface area contributed by atoms with Gasteiger partial charge >= 0.3 is 0 Å². The van der Waals surface area contributed by atoms with Crippen LogP contribution in [0.25, 0.3) is 0 Å². The zero-order valence-electron chi connectivity index (χ0n) is 13.5. The number of sulfonamides is 1. The molecule has 7 nitrogen and oxygen atoms in total. The van der Waals surface area contributed by atoms with Crippen LogP contribution in [-0.4, -0.2) is 69.9 Å². The van der Waals surface area contributed by atoms with Gasteiger partial charge in [0.15, 0.2) is 11.5 Å². The highest BCUT2D eigenvalue weighted by Crippen LogP contribution is 2.34. The molecule has 0 spiro atoms. The van der Waals surface area contributed by atoms with Crippen molar-refractivity contribution < 1.29 is 22.6 Å². The molecule has 1 unspecified atom stereocenters. The van der Waals surface area contributed by atoms with Gasteiger partial charge in [-0.25, -0.2) is 8.42 Å². The summed E-state index contributed by atoms with van der Waals surface area (Å²) < 4.78 is 43.4. The van der Waals surface area contributed by atoms with Crippen LogP contribution in [0.4, 0.5) is 0 Å². The lowest BCUT2D eigenvalue weighted by Gasteiger charge is -2.35. The number of hydrogen-bond donors (Lipinski definition) is 0. The molecule has 0 aromatic heterocycles. The molecule has 3 aliphatic heterocycles. The molecule has 0 radical (unpaired) electrons. The van der Waals surface area contributed by atoms with E-state index < -0.39 is 10.0 Å². The molecule has 132 valence electrons. The summed E-state index contributed by atoms with van der Waals surface area (Å²) in [4.78, 5) is 2.56. The largest absolute Gasteiger partial charge is 0.454 e. The lowest BCUT2D eigenvalue weighted by molar-refractivity contribution is 0.0617. The summed E-state index contributed by atoms with van der Waals surface area (Å²) >= 11 is 0. The number of fused-ring (bicyclic) bond motifs is 1. The van der Waals surface area contributed by atoms with Gasteiger partial charge in [-0.05, 0) is 25.0 Å². The van der Waals surface area contributed by atoms with Gasteiger partial charge in [-0.15, -0.1) is 0 Å². The maximum absolute atomic E-state index is 12.8. The van der Waals surface area contributed by atoms with Crippen molar-refractivity contribution in [2.24, 2.45) is 0 Å². The summed E-state index contributed by atoms with van der Waals surface area (Å²) in [5.41, 5.74) is 0. The third-order valence-electron chi connectivity index (χ3n) is 4.80. The van der Waals surface area contributed by atoms with Crippen molar-refractivity contribution in [1.82, 2.24) is 9.21 Å². The van der Waals surface area contributed by atoms with Gasteiger partial charge in [0.05, 0.1) is 11.0 Å². The molecule has 3 aliphatic rings. The van der Waals surface area contributed by atoms with Crippen LogP contribution >= 0.6 is 0 Å². The summed E-state index contributed by atoms with van der Waals surface area (Å²) in [6.45, 7) is 4.38. The first-order valence-electron chi connectivity index (χ1n) is 8.37. The Morgan fingerprint density at radius 1 is 1.08 bits per heavy atom. The topological polar surface area (TPSA) is 68.3 Å². The average molecular weight is 354 g/mol. The highest BCUT2D eigenvalue weighted by atomic mass is 32.2. The van der Waals surface area contributed by atoms with Crippen molar-refractivity contribution >= 4 is 10.0 Å². The van der Waals surface area contributed by atoms with Gasteiger partial charge < -0.3 is 14.2 Å². The fraction of sp³-hybridized carbons (Fsp3) is 0.625. The minimum Gasteiger partial charge on any atom is -0.454 e. The van der Waals surface area contributed by atoms with Gasteiger partial charge in [-0.3, -0.25) is 4.90 Å². The highest BCUT2D eigenvalue weighted by Gasteiger charge is 2.31. The summed E-state index contributed by atoms with van der Waals surface area (Å²) in [5.74, 6) is 1.09. The van der Waals surface area contributed by atoms with E-state index in [9.17, 15) is 8.42 Å². The Kier molecular flexibility index (Phi) is 4.38. The Hall–Kier alpha value is -1.35. The van der Waals surface area contributed by atoms with Gasteiger partial charge in [-0.1, -0.05) is 0 Å². The minimum atomic E-state index is -3.49. The second-order valence-electron chi connectivity index (χ2n) is 6.35. The Bertz CT molecular complexity index is 694. The van der Waals surface area contributed by atoms with Crippen molar-refractivity contribution in [3.63, 3.8) is 0 Å². The van der Waals surface area contributed by atoms with E-state index in [2.05, 4.69) is 4.90 Å². The normalized spacial score (nSPS) is 25.2. The molecular weight excluding hydrogens is 332 g/mol. The lowest BCUT2D eigenvalue weighted by atomic mass is 10.2. The fourth-order valence-electron chi connectivity index (χ4n) is 3.42. The zero-order valence-corrected chi connectivity index (χ0v) is 14.3. The summed E-state index contributed by atoms with van der Waals surface area (Å²) in [7, 11) is -3.49. The molecule has 0 bridgehead atoms. The molecule has 4 rings (SSSR count). The third kappa shape index (κ3) is 3.11. The Morgan fingerprint density at radius 3 is 2.62 bits per heavy atom. The second kappa shape index (κ2) is 6.51. The number of piperazine rings is 1. The third-order valence-corrected chi connectivity index (χ3v) is 6.69. The molecule has 0 saturated carbocycles. The van der Waals surface area contributed by atoms with E-state index in [1.54, 1.807) is 22.5 Å². The van der Waals surface area contributed by atoms with E-state index in [0.29, 0.717) is 30.7 Å². The fourth-order valence-corrected chi connectivity index (χ4v) is 4.85. The second-order valence-corrected chi connectivity index (χ2v) is 8.29. The smallest absolute Gasteiger partial charge is 0.243 e. The van der Waals surface area contributed by atoms with E-state index in [-0.39, 0.29) is 11.7 Å². The number of nitrogens with zero attached hydrogens (tertiary/aromatic N) is 2. The number of benzene rings is 1. The highest BCUT2D eigenvalue weighted by molar-refractivity contribution is 7.89. The standard InChI is InChI=1S/C16H22N2O5S/c19-24(20,14-3-4-15-16(10-14)23-12-22-15)18-7-5-17(6-8-18)11-13-2-1-9-21-13/h3-4,10,13H,1-2,5-9,11-12H2. The van der Waals surface area contributed by atoms with Crippen molar-refractivity contribution in [2.45, 2.75) is 23.8 Å². The van der Waals surface area contributed by atoms with E-state index in [4.69, 9.17) is 14.2 Å². The lowest BCUT2D eigenvalue weighted by Crippen LogP contribution is -2.50. The average Bonchev–Trinajstić information content (AvgIpc) is 3.25. The van der Waals surface area contributed by atoms with Crippen LogP contribution < -0.4 is 9.47 Å². The molecule has 1 atom stereocenters. The molecule has 0 aliphatic carbocycles. The molecule has 8 heteroatoms. The van der Waals surface area contributed by atoms with E-state index in [0.717, 1.165) is 39.1 Å². The van der Waals surface area contributed by atoms with Gasteiger partial charge in [0.1, 0.15) is 0 Å². The minimum absolute atomic E-state index is 0.140. The molecule has 0 N–H and O–H groups in total. The molecule has 24 heavy (non-hydrogen) atoms. The van der Waals surface area contributed by atoms with Crippen molar-refractivity contribution in [1.29, 1.82) is 0 Å². The van der Waals surface area contributed by atoms with Gasteiger partial charge in [0.2, 0.25) is 16.8 Å². The van der Waals surface area contributed by atoms with E-state index >= 15 is 0 Å². The van der Waals surface area contributed by atoms with E-state index in [1.165, 1.54) is 0 Å². The SMILES string of the molecule is O=S(=O)(c1ccc2c(c1)OCO2)N1CCN(CC2CCCO2)CC1. The molecular formula is C16H22N2O5S. The summed E-state index contributed by atoms with van der Waals surface area (Å²) in [6, 6.07) is 4.79. The van der Waals surface area contributed by atoms with Gasteiger partial charge in [-0.2, -0.15) is 4.31 Å². The molecule has 2 saturated heterocycles. The Balaban J connectivity index is 1.40. The monoisotopic (exact) mass is 354 g/mol. The molecule has 3 heterocycles. The van der Waals surface area contributed by atoms with Crippen molar-refractivity contribution in [3.05, 3.63) is 18.2 Å².